The molecule has 0 aliphatic carbocycles. The number of ether oxygens (including phenoxy) is 1. The van der Waals surface area contributed by atoms with E-state index < -0.39 is 12.1 Å². The molecule has 0 saturated carbocycles. The lowest BCUT2D eigenvalue weighted by Crippen LogP contribution is -2.49. The number of hydrogen-bond donors (Lipinski definition) is 3. The molecule has 1 fully saturated rings. The highest BCUT2D eigenvalue weighted by Crippen LogP contribution is 2.18. The molecule has 3 N–H and O–H groups in total. The summed E-state index contributed by atoms with van der Waals surface area (Å²) in [4.78, 5) is 26.1. The number of nitrogens with one attached hydrogen (secondary N) is 2. The lowest BCUT2D eigenvalue weighted by atomic mass is 10.0. The van der Waals surface area contributed by atoms with E-state index in [0.717, 1.165) is 18.7 Å². The zero-order valence-corrected chi connectivity index (χ0v) is 16.7. The molecule has 7 nitrogen and oxygen atoms in total. The molecule has 0 bridgehead atoms. The number of unbranched alkanes of at least 4 members (excludes halogenated alkanes) is 1. The number of aliphatic hydroxyl groups excluding tert-OH is 1. The molecule has 1 heterocycles. The van der Waals surface area contributed by atoms with E-state index in [1.807, 2.05) is 37.3 Å². The SMILES string of the molecule is CCNC(=O)CCCCC(=O)N[C@@H](CN1CCOCC1)[C@@H](O)c1ccccc1. The normalized spacial score (nSPS) is 16.9. The van der Waals surface area contributed by atoms with Crippen LogP contribution in [-0.2, 0) is 14.3 Å². The van der Waals surface area contributed by atoms with Gasteiger partial charge in [0.25, 0.3) is 0 Å². The van der Waals surface area contributed by atoms with Gasteiger partial charge in [-0.3, -0.25) is 14.5 Å². The Labute approximate surface area is 167 Å². The maximum atomic E-state index is 12.4. The van der Waals surface area contributed by atoms with Crippen molar-refractivity contribution < 1.29 is 19.4 Å². The number of aliphatic hydroxyl groups is 1. The van der Waals surface area contributed by atoms with Gasteiger partial charge in [0.2, 0.25) is 11.8 Å². The molecule has 0 radical (unpaired) electrons. The lowest BCUT2D eigenvalue weighted by Gasteiger charge is -2.33. The number of nitrogens with zero attached hydrogens (tertiary/aromatic N) is 1. The van der Waals surface area contributed by atoms with E-state index in [0.29, 0.717) is 52.0 Å². The topological polar surface area (TPSA) is 90.9 Å². The summed E-state index contributed by atoms with van der Waals surface area (Å²) in [5, 5.41) is 16.6. The highest BCUT2D eigenvalue weighted by molar-refractivity contribution is 5.77. The maximum absolute atomic E-state index is 12.4. The fourth-order valence-electron chi connectivity index (χ4n) is 3.30. The molecule has 1 aromatic rings. The first-order valence-corrected chi connectivity index (χ1v) is 10.2. The van der Waals surface area contributed by atoms with Gasteiger partial charge in [0.05, 0.1) is 19.3 Å². The first kappa shape index (κ1) is 22.3. The van der Waals surface area contributed by atoms with Gasteiger partial charge in [-0.05, 0) is 25.3 Å². The highest BCUT2D eigenvalue weighted by Gasteiger charge is 2.26. The first-order valence-electron chi connectivity index (χ1n) is 10.2. The Hall–Kier alpha value is -1.96. The Kier molecular flexibility index (Phi) is 9.96. The van der Waals surface area contributed by atoms with Gasteiger partial charge in [-0.15, -0.1) is 0 Å². The molecule has 0 aromatic heterocycles. The van der Waals surface area contributed by atoms with Crippen LogP contribution in [0.25, 0.3) is 0 Å². The number of carbonyl (C=O) groups excluding carboxylic acids is 2. The maximum Gasteiger partial charge on any atom is 0.220 e. The Morgan fingerprint density at radius 2 is 1.75 bits per heavy atom. The quantitative estimate of drug-likeness (QED) is 0.494. The Balaban J connectivity index is 1.87. The summed E-state index contributed by atoms with van der Waals surface area (Å²) in [5.74, 6) is -0.0725. The monoisotopic (exact) mass is 391 g/mol. The number of rotatable bonds is 11. The van der Waals surface area contributed by atoms with Crippen molar-refractivity contribution in [3.8, 4) is 0 Å². The number of amides is 2. The van der Waals surface area contributed by atoms with E-state index in [1.54, 1.807) is 0 Å². The summed E-state index contributed by atoms with van der Waals surface area (Å²) in [6.07, 6.45) is 1.33. The van der Waals surface area contributed by atoms with Crippen molar-refractivity contribution in [2.45, 2.75) is 44.8 Å². The second-order valence-corrected chi connectivity index (χ2v) is 7.10. The van der Waals surface area contributed by atoms with Crippen molar-refractivity contribution in [2.24, 2.45) is 0 Å². The van der Waals surface area contributed by atoms with Crippen LogP contribution < -0.4 is 10.6 Å². The second kappa shape index (κ2) is 12.5. The summed E-state index contributed by atoms with van der Waals surface area (Å²) in [6, 6.07) is 9.02. The van der Waals surface area contributed by atoms with Crippen molar-refractivity contribution in [3.63, 3.8) is 0 Å². The van der Waals surface area contributed by atoms with E-state index >= 15 is 0 Å². The van der Waals surface area contributed by atoms with Crippen molar-refractivity contribution >= 4 is 11.8 Å². The van der Waals surface area contributed by atoms with Gasteiger partial charge in [-0.25, -0.2) is 0 Å². The van der Waals surface area contributed by atoms with Crippen LogP contribution in [0, 0.1) is 0 Å². The van der Waals surface area contributed by atoms with Crippen molar-refractivity contribution in [1.82, 2.24) is 15.5 Å². The van der Waals surface area contributed by atoms with Gasteiger partial charge in [-0.1, -0.05) is 30.3 Å². The van der Waals surface area contributed by atoms with Crippen LogP contribution in [0.4, 0.5) is 0 Å². The molecule has 0 spiro atoms. The fourth-order valence-corrected chi connectivity index (χ4v) is 3.30. The standard InChI is InChI=1S/C21H33N3O4/c1-2-22-19(25)10-6-7-11-20(26)23-18(16-24-12-14-28-15-13-24)21(27)17-8-4-3-5-9-17/h3-5,8-9,18,21,27H,2,6-7,10-16H2,1H3,(H,22,25)(H,23,26)/t18-,21-/m0/s1. The molecule has 156 valence electrons. The molecule has 28 heavy (non-hydrogen) atoms. The van der Waals surface area contributed by atoms with Crippen LogP contribution in [0.5, 0.6) is 0 Å². The molecule has 1 aliphatic rings. The van der Waals surface area contributed by atoms with Gasteiger partial charge in [0.15, 0.2) is 0 Å². The van der Waals surface area contributed by atoms with Crippen LogP contribution >= 0.6 is 0 Å². The highest BCUT2D eigenvalue weighted by atomic mass is 16.5. The summed E-state index contributed by atoms with van der Waals surface area (Å²) in [6.45, 7) is 6.01. The molecular formula is C21H33N3O4. The smallest absolute Gasteiger partial charge is 0.220 e. The van der Waals surface area contributed by atoms with Gasteiger partial charge in [0, 0.05) is 39.0 Å². The van der Waals surface area contributed by atoms with Crippen LogP contribution in [0.1, 0.15) is 44.3 Å². The van der Waals surface area contributed by atoms with Crippen molar-refractivity contribution in [2.75, 3.05) is 39.4 Å². The van der Waals surface area contributed by atoms with Gasteiger partial charge < -0.3 is 20.5 Å². The van der Waals surface area contributed by atoms with Crippen LogP contribution in [0.2, 0.25) is 0 Å². The first-order chi connectivity index (χ1) is 13.6. The summed E-state index contributed by atoms with van der Waals surface area (Å²) in [5.41, 5.74) is 0.789. The van der Waals surface area contributed by atoms with Crippen LogP contribution in [-0.4, -0.2) is 67.3 Å². The fraction of sp³-hybridized carbons (Fsp3) is 0.619. The largest absolute Gasteiger partial charge is 0.386 e. The number of benzene rings is 1. The summed E-state index contributed by atoms with van der Waals surface area (Å²) in [7, 11) is 0. The molecule has 1 aromatic carbocycles. The predicted molar refractivity (Wildman–Crippen MR) is 108 cm³/mol. The minimum Gasteiger partial charge on any atom is -0.386 e. The van der Waals surface area contributed by atoms with E-state index in [9.17, 15) is 14.7 Å². The Bertz CT molecular complexity index is 591. The van der Waals surface area contributed by atoms with Crippen LogP contribution in [0.3, 0.4) is 0 Å². The molecule has 1 aliphatic heterocycles. The Morgan fingerprint density at radius 3 is 2.39 bits per heavy atom. The van der Waals surface area contributed by atoms with Crippen molar-refractivity contribution in [3.05, 3.63) is 35.9 Å². The van der Waals surface area contributed by atoms with Crippen LogP contribution in [0.15, 0.2) is 30.3 Å². The third-order valence-electron chi connectivity index (χ3n) is 4.86. The zero-order valence-electron chi connectivity index (χ0n) is 16.7. The minimum atomic E-state index is -0.775. The number of carbonyl (C=O) groups is 2. The molecule has 2 rings (SSSR count). The minimum absolute atomic E-state index is 0.0209. The number of hydrogen-bond acceptors (Lipinski definition) is 5. The summed E-state index contributed by atoms with van der Waals surface area (Å²) < 4.78 is 5.39. The van der Waals surface area contributed by atoms with E-state index in [-0.39, 0.29) is 11.8 Å². The van der Waals surface area contributed by atoms with Crippen molar-refractivity contribution in [1.29, 1.82) is 0 Å². The Morgan fingerprint density at radius 1 is 1.11 bits per heavy atom. The van der Waals surface area contributed by atoms with E-state index in [1.165, 1.54) is 0 Å². The molecule has 1 saturated heterocycles. The second-order valence-electron chi connectivity index (χ2n) is 7.10. The molecular weight excluding hydrogens is 358 g/mol. The third kappa shape index (κ3) is 7.96. The molecule has 2 amide bonds. The average Bonchev–Trinajstić information content (AvgIpc) is 2.72. The van der Waals surface area contributed by atoms with E-state index in [4.69, 9.17) is 4.74 Å². The third-order valence-corrected chi connectivity index (χ3v) is 4.86. The van der Waals surface area contributed by atoms with Gasteiger partial charge in [-0.2, -0.15) is 0 Å². The molecule has 7 heteroatoms. The lowest BCUT2D eigenvalue weighted by molar-refractivity contribution is -0.124. The van der Waals surface area contributed by atoms with Gasteiger partial charge >= 0.3 is 0 Å². The van der Waals surface area contributed by atoms with E-state index in [2.05, 4.69) is 15.5 Å². The average molecular weight is 392 g/mol. The number of morpholine rings is 1. The predicted octanol–water partition coefficient (Wildman–Crippen LogP) is 1.23. The summed E-state index contributed by atoms with van der Waals surface area (Å²) >= 11 is 0. The molecule has 0 unspecified atom stereocenters. The van der Waals surface area contributed by atoms with Gasteiger partial charge in [0.1, 0.15) is 6.10 Å². The zero-order chi connectivity index (χ0) is 20.2. The molecule has 2 atom stereocenters.